The molecule has 1 aromatic heterocycles. The first-order chi connectivity index (χ1) is 10.4. The maximum absolute atomic E-state index is 5.93. The highest BCUT2D eigenvalue weighted by Gasteiger charge is 2.22. The molecule has 1 saturated carbocycles. The summed E-state index contributed by atoms with van der Waals surface area (Å²) in [5.74, 6) is 1.25. The second-order valence-electron chi connectivity index (χ2n) is 5.50. The summed E-state index contributed by atoms with van der Waals surface area (Å²) in [5.41, 5.74) is 7.22. The van der Waals surface area contributed by atoms with Gasteiger partial charge in [0.25, 0.3) is 0 Å². The molecule has 0 spiro atoms. The first-order valence-electron chi connectivity index (χ1n) is 7.54. The zero-order valence-electron chi connectivity index (χ0n) is 12.1. The Bertz CT molecular complexity index is 550. The molecule has 21 heavy (non-hydrogen) atoms. The van der Waals surface area contributed by atoms with Gasteiger partial charge in [-0.15, -0.1) is 5.10 Å². The van der Waals surface area contributed by atoms with E-state index < -0.39 is 0 Å². The van der Waals surface area contributed by atoms with Crippen molar-refractivity contribution in [3.8, 4) is 0 Å². The molecule has 2 aromatic rings. The van der Waals surface area contributed by atoms with Crippen LogP contribution in [-0.2, 0) is 0 Å². The molecule has 0 amide bonds. The van der Waals surface area contributed by atoms with E-state index in [1.807, 2.05) is 10.7 Å². The highest BCUT2D eigenvalue weighted by atomic mass is 32.2. The van der Waals surface area contributed by atoms with Crippen LogP contribution < -0.4 is 5.73 Å². The van der Waals surface area contributed by atoms with Gasteiger partial charge in [0.15, 0.2) is 0 Å². The van der Waals surface area contributed by atoms with E-state index in [4.69, 9.17) is 5.73 Å². The van der Waals surface area contributed by atoms with Crippen LogP contribution in [0.15, 0.2) is 35.5 Å². The fourth-order valence-electron chi connectivity index (χ4n) is 2.86. The molecular weight excluding hydrogens is 282 g/mol. The van der Waals surface area contributed by atoms with E-state index >= 15 is 0 Å². The van der Waals surface area contributed by atoms with E-state index in [1.54, 1.807) is 11.8 Å². The van der Waals surface area contributed by atoms with Crippen LogP contribution in [0.25, 0.3) is 0 Å². The molecule has 0 aliphatic heterocycles. The van der Waals surface area contributed by atoms with Gasteiger partial charge in [0.1, 0.15) is 0 Å². The average molecular weight is 303 g/mol. The molecule has 0 bridgehead atoms. The molecule has 5 nitrogen and oxygen atoms in total. The van der Waals surface area contributed by atoms with Crippen LogP contribution in [0.4, 0.5) is 0 Å². The normalized spacial score (nSPS) is 17.2. The fourth-order valence-corrected chi connectivity index (χ4v) is 3.95. The molecule has 1 aromatic carbocycles. The summed E-state index contributed by atoms with van der Waals surface area (Å²) in [6.07, 6.45) is 4.95. The summed E-state index contributed by atoms with van der Waals surface area (Å²) in [7, 11) is 0. The summed E-state index contributed by atoms with van der Waals surface area (Å²) < 4.78 is 2.01. The second-order valence-corrected chi connectivity index (χ2v) is 6.49. The monoisotopic (exact) mass is 303 g/mol. The Labute approximate surface area is 129 Å². The lowest BCUT2D eigenvalue weighted by Gasteiger charge is -2.15. The van der Waals surface area contributed by atoms with Crippen molar-refractivity contribution in [2.45, 2.75) is 42.8 Å². The number of tetrazole rings is 1. The van der Waals surface area contributed by atoms with Crippen molar-refractivity contribution < 1.29 is 0 Å². The summed E-state index contributed by atoms with van der Waals surface area (Å²) in [5, 5.41) is 13.1. The maximum atomic E-state index is 5.93. The predicted octanol–water partition coefficient (Wildman–Crippen LogP) is 2.62. The molecule has 1 aliphatic rings. The number of benzene rings is 1. The third kappa shape index (κ3) is 3.44. The number of hydrogen-bond acceptors (Lipinski definition) is 5. The fraction of sp³-hybridized carbons (Fsp3) is 0.533. The number of hydrogen-bond donors (Lipinski definition) is 1. The number of rotatable bonds is 6. The quantitative estimate of drug-likeness (QED) is 0.831. The van der Waals surface area contributed by atoms with Crippen molar-refractivity contribution in [1.29, 1.82) is 0 Å². The third-order valence-electron chi connectivity index (χ3n) is 4.10. The zero-order valence-corrected chi connectivity index (χ0v) is 12.9. The van der Waals surface area contributed by atoms with Gasteiger partial charge in [-0.2, -0.15) is 0 Å². The molecule has 1 aliphatic carbocycles. The number of aromatic nitrogens is 4. The van der Waals surface area contributed by atoms with Gasteiger partial charge in [-0.3, -0.25) is 0 Å². The van der Waals surface area contributed by atoms with Crippen LogP contribution in [0.3, 0.4) is 0 Å². The smallest absolute Gasteiger partial charge is 0.209 e. The van der Waals surface area contributed by atoms with Crippen LogP contribution in [0.2, 0.25) is 0 Å². The molecule has 1 fully saturated rings. The summed E-state index contributed by atoms with van der Waals surface area (Å²) in [6.45, 7) is 0.641. The molecule has 0 radical (unpaired) electrons. The van der Waals surface area contributed by atoms with Crippen molar-refractivity contribution >= 4 is 11.8 Å². The van der Waals surface area contributed by atoms with Crippen LogP contribution >= 0.6 is 11.8 Å². The van der Waals surface area contributed by atoms with Gasteiger partial charge in [-0.25, -0.2) is 4.68 Å². The number of thioether (sulfide) groups is 1. The van der Waals surface area contributed by atoms with E-state index in [-0.39, 0.29) is 0 Å². The number of nitrogens with two attached hydrogens (primary N) is 1. The van der Waals surface area contributed by atoms with Gasteiger partial charge in [-0.1, -0.05) is 54.9 Å². The highest BCUT2D eigenvalue weighted by molar-refractivity contribution is 7.99. The lowest BCUT2D eigenvalue weighted by molar-refractivity contribution is 0.423. The zero-order chi connectivity index (χ0) is 14.5. The molecule has 1 heterocycles. The van der Waals surface area contributed by atoms with Crippen molar-refractivity contribution in [3.05, 3.63) is 35.9 Å². The largest absolute Gasteiger partial charge is 0.330 e. The first-order valence-corrected chi connectivity index (χ1v) is 8.52. The Hall–Kier alpha value is -1.40. The molecule has 3 rings (SSSR count). The lowest BCUT2D eigenvalue weighted by Crippen LogP contribution is -2.15. The summed E-state index contributed by atoms with van der Waals surface area (Å²) in [4.78, 5) is 0. The highest BCUT2D eigenvalue weighted by Crippen LogP contribution is 2.32. The molecular formula is C15H21N5S. The van der Waals surface area contributed by atoms with Gasteiger partial charge in [-0.05, 0) is 35.4 Å². The van der Waals surface area contributed by atoms with E-state index in [0.717, 1.165) is 10.9 Å². The predicted molar refractivity (Wildman–Crippen MR) is 84.3 cm³/mol. The topological polar surface area (TPSA) is 69.6 Å². The third-order valence-corrected chi connectivity index (χ3v) is 5.20. The SMILES string of the molecule is NCC(CSc1nnnn1C1CCCC1)c1ccccc1. The second kappa shape index (κ2) is 7.04. The van der Waals surface area contributed by atoms with Crippen LogP contribution in [-0.4, -0.2) is 32.5 Å². The van der Waals surface area contributed by atoms with Gasteiger partial charge < -0.3 is 5.73 Å². The van der Waals surface area contributed by atoms with Crippen molar-refractivity contribution in [2.75, 3.05) is 12.3 Å². The van der Waals surface area contributed by atoms with Crippen molar-refractivity contribution in [3.63, 3.8) is 0 Å². The summed E-state index contributed by atoms with van der Waals surface area (Å²) >= 11 is 1.71. The van der Waals surface area contributed by atoms with E-state index in [0.29, 0.717) is 18.5 Å². The molecule has 1 atom stereocenters. The van der Waals surface area contributed by atoms with Crippen LogP contribution in [0.5, 0.6) is 0 Å². The Morgan fingerprint density at radius 2 is 2.00 bits per heavy atom. The minimum Gasteiger partial charge on any atom is -0.330 e. The molecule has 1 unspecified atom stereocenters. The van der Waals surface area contributed by atoms with E-state index in [2.05, 4.69) is 39.8 Å². The van der Waals surface area contributed by atoms with Crippen LogP contribution in [0.1, 0.15) is 43.2 Å². The van der Waals surface area contributed by atoms with E-state index in [9.17, 15) is 0 Å². The molecule has 6 heteroatoms. The van der Waals surface area contributed by atoms with Gasteiger partial charge in [0, 0.05) is 11.7 Å². The van der Waals surface area contributed by atoms with Crippen molar-refractivity contribution in [1.82, 2.24) is 20.2 Å². The standard InChI is InChI=1S/C15H21N5S/c16-10-13(12-6-2-1-3-7-12)11-21-15-17-18-19-20(15)14-8-4-5-9-14/h1-3,6-7,13-14H,4-5,8-11,16H2. The Morgan fingerprint density at radius 1 is 1.24 bits per heavy atom. The maximum Gasteiger partial charge on any atom is 0.209 e. The Kier molecular flexibility index (Phi) is 4.87. The minimum absolute atomic E-state index is 0.338. The lowest BCUT2D eigenvalue weighted by atomic mass is 10.0. The Morgan fingerprint density at radius 3 is 2.71 bits per heavy atom. The van der Waals surface area contributed by atoms with Gasteiger partial charge >= 0.3 is 0 Å². The first kappa shape index (κ1) is 14.5. The minimum atomic E-state index is 0.338. The van der Waals surface area contributed by atoms with Crippen LogP contribution in [0, 0.1) is 0 Å². The summed E-state index contributed by atoms with van der Waals surface area (Å²) in [6, 6.07) is 10.9. The van der Waals surface area contributed by atoms with Gasteiger partial charge in [0.05, 0.1) is 6.04 Å². The molecule has 2 N–H and O–H groups in total. The number of nitrogens with zero attached hydrogens (tertiary/aromatic N) is 4. The molecule has 112 valence electrons. The van der Waals surface area contributed by atoms with E-state index in [1.165, 1.54) is 31.2 Å². The molecule has 0 saturated heterocycles. The van der Waals surface area contributed by atoms with Crippen molar-refractivity contribution in [2.24, 2.45) is 5.73 Å². The Balaban J connectivity index is 1.65. The average Bonchev–Trinajstić information content (AvgIpc) is 3.20. The van der Waals surface area contributed by atoms with Gasteiger partial charge in [0.2, 0.25) is 5.16 Å².